The minimum Gasteiger partial charge on any atom is -0.334 e. The SMILES string of the molecule is C=CCn1c(SCc2noc(-c3ccc(F)cc3)n2)nc2ccccc2c1=O. The van der Waals surface area contributed by atoms with Crippen LogP contribution in [0.5, 0.6) is 0 Å². The molecule has 0 bridgehead atoms. The fraction of sp³-hybridized carbons (Fsp3) is 0.100. The molecule has 0 saturated heterocycles. The topological polar surface area (TPSA) is 73.8 Å². The molecule has 0 N–H and O–H groups in total. The van der Waals surface area contributed by atoms with Crippen molar-refractivity contribution in [3.8, 4) is 11.5 Å². The van der Waals surface area contributed by atoms with Crippen LogP contribution in [-0.4, -0.2) is 19.7 Å². The average Bonchev–Trinajstić information content (AvgIpc) is 3.18. The van der Waals surface area contributed by atoms with Gasteiger partial charge in [0, 0.05) is 12.1 Å². The predicted octanol–water partition coefficient (Wildman–Crippen LogP) is 4.06. The van der Waals surface area contributed by atoms with Crippen LogP contribution in [-0.2, 0) is 12.3 Å². The van der Waals surface area contributed by atoms with Crippen LogP contribution in [0.15, 0.2) is 75.7 Å². The molecule has 0 spiro atoms. The summed E-state index contributed by atoms with van der Waals surface area (Å²) in [7, 11) is 0. The standard InChI is InChI=1S/C20H15FN4O2S/c1-2-11-25-19(26)15-5-3-4-6-16(15)22-20(25)28-12-17-23-18(27-24-17)13-7-9-14(21)10-8-13/h2-10H,1,11-12H2. The number of aromatic nitrogens is 4. The number of thioether (sulfide) groups is 1. The van der Waals surface area contributed by atoms with E-state index in [4.69, 9.17) is 4.52 Å². The lowest BCUT2D eigenvalue weighted by Crippen LogP contribution is -2.22. The van der Waals surface area contributed by atoms with Crippen molar-refractivity contribution in [2.45, 2.75) is 17.5 Å². The molecule has 0 aliphatic rings. The minimum absolute atomic E-state index is 0.117. The number of benzene rings is 2. The Hall–Kier alpha value is -3.26. The lowest BCUT2D eigenvalue weighted by atomic mass is 10.2. The number of nitrogens with zero attached hydrogens (tertiary/aromatic N) is 4. The molecule has 0 saturated carbocycles. The lowest BCUT2D eigenvalue weighted by Gasteiger charge is -2.10. The summed E-state index contributed by atoms with van der Waals surface area (Å²) in [5, 5.41) is 5.07. The quantitative estimate of drug-likeness (QED) is 0.279. The van der Waals surface area contributed by atoms with Gasteiger partial charge in [0.05, 0.1) is 16.7 Å². The van der Waals surface area contributed by atoms with E-state index in [0.29, 0.717) is 45.6 Å². The highest BCUT2D eigenvalue weighted by Gasteiger charge is 2.14. The summed E-state index contributed by atoms with van der Waals surface area (Å²) in [6.45, 7) is 4.07. The molecule has 2 heterocycles. The second kappa shape index (κ2) is 7.77. The molecule has 0 unspecified atom stereocenters. The maximum atomic E-state index is 13.0. The monoisotopic (exact) mass is 394 g/mol. The van der Waals surface area contributed by atoms with E-state index in [-0.39, 0.29) is 11.4 Å². The first kappa shape index (κ1) is 18.1. The number of hydrogen-bond donors (Lipinski definition) is 0. The Bertz CT molecular complexity index is 1200. The third-order valence-corrected chi connectivity index (χ3v) is 5.00. The molecule has 28 heavy (non-hydrogen) atoms. The van der Waals surface area contributed by atoms with Gasteiger partial charge in [0.1, 0.15) is 5.82 Å². The van der Waals surface area contributed by atoms with E-state index < -0.39 is 0 Å². The van der Waals surface area contributed by atoms with Gasteiger partial charge in [-0.15, -0.1) is 6.58 Å². The molecule has 2 aromatic carbocycles. The van der Waals surface area contributed by atoms with Crippen molar-refractivity contribution < 1.29 is 8.91 Å². The highest BCUT2D eigenvalue weighted by atomic mass is 32.2. The van der Waals surface area contributed by atoms with Gasteiger partial charge in [-0.25, -0.2) is 9.37 Å². The second-order valence-corrected chi connectivity index (χ2v) is 6.87. The van der Waals surface area contributed by atoms with E-state index in [2.05, 4.69) is 21.7 Å². The number of para-hydroxylation sites is 1. The fourth-order valence-electron chi connectivity index (χ4n) is 2.70. The van der Waals surface area contributed by atoms with Crippen molar-refractivity contribution in [1.29, 1.82) is 0 Å². The zero-order chi connectivity index (χ0) is 19.5. The van der Waals surface area contributed by atoms with Crippen molar-refractivity contribution >= 4 is 22.7 Å². The van der Waals surface area contributed by atoms with Crippen LogP contribution in [0.25, 0.3) is 22.4 Å². The predicted molar refractivity (Wildman–Crippen MR) is 105 cm³/mol. The van der Waals surface area contributed by atoms with Gasteiger partial charge in [0.2, 0.25) is 0 Å². The van der Waals surface area contributed by atoms with E-state index in [1.807, 2.05) is 12.1 Å². The Labute approximate surface area is 163 Å². The number of hydrogen-bond acceptors (Lipinski definition) is 6. The molecule has 0 amide bonds. The van der Waals surface area contributed by atoms with Crippen molar-refractivity contribution in [1.82, 2.24) is 19.7 Å². The van der Waals surface area contributed by atoms with Gasteiger partial charge in [-0.1, -0.05) is 35.1 Å². The Morgan fingerprint density at radius 1 is 1.14 bits per heavy atom. The molecular weight excluding hydrogens is 379 g/mol. The van der Waals surface area contributed by atoms with Crippen LogP contribution >= 0.6 is 11.8 Å². The highest BCUT2D eigenvalue weighted by molar-refractivity contribution is 7.98. The summed E-state index contributed by atoms with van der Waals surface area (Å²) in [6.07, 6.45) is 1.66. The molecule has 140 valence electrons. The molecule has 4 aromatic rings. The van der Waals surface area contributed by atoms with Gasteiger partial charge in [-0.3, -0.25) is 9.36 Å². The highest BCUT2D eigenvalue weighted by Crippen LogP contribution is 2.23. The number of rotatable bonds is 6. The number of allylic oxidation sites excluding steroid dienone is 1. The second-order valence-electron chi connectivity index (χ2n) is 5.93. The molecule has 2 aromatic heterocycles. The summed E-state index contributed by atoms with van der Waals surface area (Å²) < 4.78 is 19.9. The fourth-order valence-corrected chi connectivity index (χ4v) is 3.55. The molecule has 0 fully saturated rings. The maximum absolute atomic E-state index is 13.0. The lowest BCUT2D eigenvalue weighted by molar-refractivity contribution is 0.425. The Morgan fingerprint density at radius 3 is 2.71 bits per heavy atom. The van der Waals surface area contributed by atoms with Gasteiger partial charge in [0.15, 0.2) is 11.0 Å². The number of halogens is 1. The molecule has 0 aliphatic heterocycles. The summed E-state index contributed by atoms with van der Waals surface area (Å²) in [5.74, 6) is 0.802. The Morgan fingerprint density at radius 2 is 1.93 bits per heavy atom. The van der Waals surface area contributed by atoms with Gasteiger partial charge in [-0.05, 0) is 36.4 Å². The van der Waals surface area contributed by atoms with Crippen LogP contribution in [0.2, 0.25) is 0 Å². The summed E-state index contributed by atoms with van der Waals surface area (Å²) in [4.78, 5) is 21.7. The largest absolute Gasteiger partial charge is 0.334 e. The Balaban J connectivity index is 1.60. The first-order valence-corrected chi connectivity index (χ1v) is 9.46. The van der Waals surface area contributed by atoms with Crippen LogP contribution in [0.1, 0.15) is 5.82 Å². The molecule has 0 aliphatic carbocycles. The van der Waals surface area contributed by atoms with Gasteiger partial charge in [-0.2, -0.15) is 4.98 Å². The van der Waals surface area contributed by atoms with E-state index in [1.165, 1.54) is 23.9 Å². The first-order chi connectivity index (χ1) is 13.7. The van der Waals surface area contributed by atoms with E-state index in [1.54, 1.807) is 34.9 Å². The molecule has 0 atom stereocenters. The molecule has 8 heteroatoms. The first-order valence-electron chi connectivity index (χ1n) is 8.47. The van der Waals surface area contributed by atoms with Crippen LogP contribution in [0.4, 0.5) is 4.39 Å². The van der Waals surface area contributed by atoms with Crippen LogP contribution in [0, 0.1) is 5.82 Å². The van der Waals surface area contributed by atoms with Crippen molar-refractivity contribution in [3.05, 3.63) is 83.2 Å². The van der Waals surface area contributed by atoms with Crippen LogP contribution in [0.3, 0.4) is 0 Å². The summed E-state index contributed by atoms with van der Waals surface area (Å²) in [6, 6.07) is 13.0. The maximum Gasteiger partial charge on any atom is 0.262 e. The van der Waals surface area contributed by atoms with E-state index >= 15 is 0 Å². The zero-order valence-electron chi connectivity index (χ0n) is 14.7. The van der Waals surface area contributed by atoms with E-state index in [0.717, 1.165) is 0 Å². The van der Waals surface area contributed by atoms with Crippen LogP contribution < -0.4 is 5.56 Å². The zero-order valence-corrected chi connectivity index (χ0v) is 15.5. The number of fused-ring (bicyclic) bond motifs is 1. The van der Waals surface area contributed by atoms with Gasteiger partial charge < -0.3 is 4.52 Å². The summed E-state index contributed by atoms with van der Waals surface area (Å²) in [5.41, 5.74) is 1.15. The smallest absolute Gasteiger partial charge is 0.262 e. The minimum atomic E-state index is -0.332. The third-order valence-electron chi connectivity index (χ3n) is 4.03. The molecule has 0 radical (unpaired) electrons. The Kier molecular flexibility index (Phi) is 5.03. The van der Waals surface area contributed by atoms with Crippen molar-refractivity contribution in [2.75, 3.05) is 0 Å². The summed E-state index contributed by atoms with van der Waals surface area (Å²) >= 11 is 1.34. The van der Waals surface area contributed by atoms with E-state index in [9.17, 15) is 9.18 Å². The van der Waals surface area contributed by atoms with Gasteiger partial charge in [0.25, 0.3) is 11.4 Å². The van der Waals surface area contributed by atoms with Crippen molar-refractivity contribution in [2.24, 2.45) is 0 Å². The van der Waals surface area contributed by atoms with Gasteiger partial charge >= 0.3 is 0 Å². The molecular formula is C20H15FN4O2S. The third kappa shape index (κ3) is 3.59. The average molecular weight is 394 g/mol. The normalized spacial score (nSPS) is 11.0. The molecule has 6 nitrogen and oxygen atoms in total. The molecule has 4 rings (SSSR count). The van der Waals surface area contributed by atoms with Crippen molar-refractivity contribution in [3.63, 3.8) is 0 Å².